The van der Waals surface area contributed by atoms with E-state index < -0.39 is 0 Å². The predicted molar refractivity (Wildman–Crippen MR) is 71.5 cm³/mol. The molecule has 2 rings (SSSR count). The lowest BCUT2D eigenvalue weighted by molar-refractivity contribution is 0.00578. The first-order valence-corrected chi connectivity index (χ1v) is 6.11. The standard InChI is InChI=1S/C12H18BO2P/c1-11(2)12(3,4)15-13(14-11)9-7-5-6-8-10(9)16/h5-8H,16H2,1-4H3. The van der Waals surface area contributed by atoms with Crippen LogP contribution >= 0.6 is 9.24 Å². The van der Waals surface area contributed by atoms with Gasteiger partial charge in [-0.3, -0.25) is 0 Å². The summed E-state index contributed by atoms with van der Waals surface area (Å²) in [6, 6.07) is 8.11. The van der Waals surface area contributed by atoms with E-state index >= 15 is 0 Å². The monoisotopic (exact) mass is 236 g/mol. The molecular formula is C12H18BO2P. The lowest BCUT2D eigenvalue weighted by atomic mass is 9.79. The molecule has 1 heterocycles. The molecule has 16 heavy (non-hydrogen) atoms. The Bertz CT molecular complexity index is 388. The first-order valence-electron chi connectivity index (χ1n) is 5.53. The smallest absolute Gasteiger partial charge is 0.399 e. The summed E-state index contributed by atoms with van der Waals surface area (Å²) >= 11 is 0. The fourth-order valence-electron chi connectivity index (χ4n) is 1.70. The van der Waals surface area contributed by atoms with Crippen molar-refractivity contribution in [3.8, 4) is 0 Å². The normalized spacial score (nSPS) is 22.4. The molecular weight excluding hydrogens is 218 g/mol. The molecule has 1 fully saturated rings. The molecule has 4 heteroatoms. The summed E-state index contributed by atoms with van der Waals surface area (Å²) in [5.41, 5.74) is 0.543. The van der Waals surface area contributed by atoms with Gasteiger partial charge in [0.1, 0.15) is 0 Å². The van der Waals surface area contributed by atoms with Crippen LogP contribution in [0.2, 0.25) is 0 Å². The molecule has 2 nitrogen and oxygen atoms in total. The maximum atomic E-state index is 6.00. The SMILES string of the molecule is CC1(C)OB(c2ccccc2P)OC1(C)C. The van der Waals surface area contributed by atoms with Crippen molar-refractivity contribution < 1.29 is 9.31 Å². The second kappa shape index (κ2) is 3.84. The van der Waals surface area contributed by atoms with Gasteiger partial charge in [-0.15, -0.1) is 9.24 Å². The lowest BCUT2D eigenvalue weighted by Crippen LogP contribution is -2.41. The zero-order valence-electron chi connectivity index (χ0n) is 10.3. The summed E-state index contributed by atoms with van der Waals surface area (Å²) in [7, 11) is 2.46. The lowest BCUT2D eigenvalue weighted by Gasteiger charge is -2.32. The van der Waals surface area contributed by atoms with Crippen LogP contribution in [0.4, 0.5) is 0 Å². The van der Waals surface area contributed by atoms with Crippen molar-refractivity contribution in [1.82, 2.24) is 0 Å². The Morgan fingerprint density at radius 2 is 1.50 bits per heavy atom. The van der Waals surface area contributed by atoms with Gasteiger partial charge in [0.15, 0.2) is 0 Å². The maximum Gasteiger partial charge on any atom is 0.495 e. The topological polar surface area (TPSA) is 18.5 Å². The van der Waals surface area contributed by atoms with Crippen LogP contribution < -0.4 is 10.8 Å². The van der Waals surface area contributed by atoms with E-state index in [1.54, 1.807) is 0 Å². The van der Waals surface area contributed by atoms with Gasteiger partial charge in [-0.05, 0) is 38.5 Å². The van der Waals surface area contributed by atoms with Crippen LogP contribution in [0.25, 0.3) is 0 Å². The highest BCUT2D eigenvalue weighted by Gasteiger charge is 2.51. The fourth-order valence-corrected chi connectivity index (χ4v) is 2.04. The number of hydrogen-bond acceptors (Lipinski definition) is 2. The van der Waals surface area contributed by atoms with Gasteiger partial charge in [0.2, 0.25) is 0 Å². The highest BCUT2D eigenvalue weighted by atomic mass is 31.0. The van der Waals surface area contributed by atoms with E-state index in [0.717, 1.165) is 10.8 Å². The Morgan fingerprint density at radius 1 is 1.00 bits per heavy atom. The highest BCUT2D eigenvalue weighted by Crippen LogP contribution is 2.36. The Balaban J connectivity index is 2.31. The van der Waals surface area contributed by atoms with Crippen molar-refractivity contribution in [3.63, 3.8) is 0 Å². The van der Waals surface area contributed by atoms with Crippen molar-refractivity contribution in [3.05, 3.63) is 24.3 Å². The Hall–Kier alpha value is -0.365. The summed E-state index contributed by atoms with van der Waals surface area (Å²) < 4.78 is 12.0. The van der Waals surface area contributed by atoms with E-state index in [1.165, 1.54) is 0 Å². The van der Waals surface area contributed by atoms with Gasteiger partial charge in [-0.1, -0.05) is 24.3 Å². The van der Waals surface area contributed by atoms with E-state index in [0.29, 0.717) is 0 Å². The Labute approximate surface area is 100 Å². The zero-order valence-corrected chi connectivity index (χ0v) is 11.4. The van der Waals surface area contributed by atoms with Crippen LogP contribution in [0.3, 0.4) is 0 Å². The summed E-state index contributed by atoms with van der Waals surface area (Å²) in [5.74, 6) is 0. The first kappa shape index (κ1) is 12.1. The molecule has 1 saturated heterocycles. The van der Waals surface area contributed by atoms with Gasteiger partial charge in [-0.25, -0.2) is 0 Å². The molecule has 1 aromatic rings. The molecule has 86 valence electrons. The minimum atomic E-state index is -0.273. The van der Waals surface area contributed by atoms with Gasteiger partial charge in [-0.2, -0.15) is 0 Å². The van der Waals surface area contributed by atoms with Crippen LogP contribution in [0, 0.1) is 0 Å². The number of benzene rings is 1. The van der Waals surface area contributed by atoms with Crippen LogP contribution in [-0.2, 0) is 9.31 Å². The van der Waals surface area contributed by atoms with Crippen molar-refractivity contribution in [2.75, 3.05) is 0 Å². The van der Waals surface area contributed by atoms with Gasteiger partial charge in [0, 0.05) is 0 Å². The second-order valence-electron chi connectivity index (χ2n) is 5.22. The van der Waals surface area contributed by atoms with Crippen molar-refractivity contribution in [2.24, 2.45) is 0 Å². The zero-order chi connectivity index (χ0) is 12.0. The molecule has 0 aliphatic carbocycles. The van der Waals surface area contributed by atoms with E-state index in [9.17, 15) is 0 Å². The van der Waals surface area contributed by atoms with E-state index in [2.05, 4.69) is 36.9 Å². The molecule has 1 aromatic carbocycles. The Morgan fingerprint density at radius 3 is 2.00 bits per heavy atom. The van der Waals surface area contributed by atoms with Crippen LogP contribution in [0.15, 0.2) is 24.3 Å². The predicted octanol–water partition coefficient (Wildman–Crippen LogP) is 1.49. The summed E-state index contributed by atoms with van der Waals surface area (Å²) in [4.78, 5) is 0. The molecule has 0 amide bonds. The van der Waals surface area contributed by atoms with Crippen LogP contribution in [-0.4, -0.2) is 18.3 Å². The second-order valence-corrected chi connectivity index (χ2v) is 5.84. The third-order valence-electron chi connectivity index (χ3n) is 3.50. The summed E-state index contributed by atoms with van der Waals surface area (Å²) in [6.07, 6.45) is 0. The Kier molecular flexibility index (Phi) is 2.90. The molecule has 0 saturated carbocycles. The molecule has 0 bridgehead atoms. The van der Waals surface area contributed by atoms with Crippen molar-refractivity contribution in [2.45, 2.75) is 38.9 Å². The minimum absolute atomic E-state index is 0.265. The first-order chi connectivity index (χ1) is 7.33. The van der Waals surface area contributed by atoms with Gasteiger partial charge in [0.25, 0.3) is 0 Å². The van der Waals surface area contributed by atoms with Crippen molar-refractivity contribution in [1.29, 1.82) is 0 Å². The summed E-state index contributed by atoms with van der Waals surface area (Å²) in [6.45, 7) is 8.27. The molecule has 0 radical (unpaired) electrons. The third kappa shape index (κ3) is 1.92. The molecule has 1 unspecified atom stereocenters. The number of rotatable bonds is 1. The van der Waals surface area contributed by atoms with E-state index in [1.807, 2.05) is 24.3 Å². The van der Waals surface area contributed by atoms with Crippen LogP contribution in [0.5, 0.6) is 0 Å². The molecule has 0 spiro atoms. The van der Waals surface area contributed by atoms with Gasteiger partial charge < -0.3 is 9.31 Å². The maximum absolute atomic E-state index is 6.00. The van der Waals surface area contributed by atoms with Gasteiger partial charge in [0.05, 0.1) is 11.2 Å². The van der Waals surface area contributed by atoms with E-state index in [4.69, 9.17) is 9.31 Å². The molecule has 1 aliphatic rings. The quantitative estimate of drug-likeness (QED) is 0.543. The highest BCUT2D eigenvalue weighted by molar-refractivity contribution is 7.28. The number of hydrogen-bond donors (Lipinski definition) is 0. The average Bonchev–Trinajstić information content (AvgIpc) is 2.36. The van der Waals surface area contributed by atoms with Gasteiger partial charge >= 0.3 is 7.12 Å². The molecule has 0 N–H and O–H groups in total. The van der Waals surface area contributed by atoms with Crippen molar-refractivity contribution >= 4 is 27.1 Å². The molecule has 1 atom stereocenters. The fraction of sp³-hybridized carbons (Fsp3) is 0.500. The molecule has 0 aromatic heterocycles. The largest absolute Gasteiger partial charge is 0.495 e. The van der Waals surface area contributed by atoms with Crippen LogP contribution in [0.1, 0.15) is 27.7 Å². The molecule has 1 aliphatic heterocycles. The average molecular weight is 236 g/mol. The van der Waals surface area contributed by atoms with E-state index in [-0.39, 0.29) is 18.3 Å². The minimum Gasteiger partial charge on any atom is -0.399 e. The third-order valence-corrected chi connectivity index (χ3v) is 4.03. The summed E-state index contributed by atoms with van der Waals surface area (Å²) in [5, 5.41) is 1.13.